The molecular weight excluding hydrogens is 120 g/mol. The Morgan fingerprint density at radius 3 is 2.67 bits per heavy atom. The van der Waals surface area contributed by atoms with Crippen molar-refractivity contribution < 1.29 is 14.6 Å². The Morgan fingerprint density at radius 1 is 2.00 bits per heavy atom. The highest BCUT2D eigenvalue weighted by molar-refractivity contribution is 5.72. The van der Waals surface area contributed by atoms with E-state index in [9.17, 15) is 4.79 Å². The van der Waals surface area contributed by atoms with E-state index < -0.39 is 12.1 Å². The van der Waals surface area contributed by atoms with Crippen LogP contribution in [0.1, 0.15) is 6.42 Å². The number of aliphatic carboxylic acids is 1. The first-order chi connectivity index (χ1) is 4.22. The smallest absolute Gasteiger partial charge is 0.333 e. The summed E-state index contributed by atoms with van der Waals surface area (Å²) >= 11 is 0. The summed E-state index contributed by atoms with van der Waals surface area (Å²) in [5, 5.41) is 8.28. The lowest BCUT2D eigenvalue weighted by atomic mass is 10.3. The minimum Gasteiger partial charge on any atom is -0.479 e. The zero-order valence-electron chi connectivity index (χ0n) is 5.13. The van der Waals surface area contributed by atoms with Gasteiger partial charge in [0.25, 0.3) is 0 Å². The highest BCUT2D eigenvalue weighted by Crippen LogP contribution is 1.93. The molecule has 0 aromatic heterocycles. The molecule has 0 saturated carbocycles. The molecule has 0 spiro atoms. The normalized spacial score (nSPS) is 12.0. The van der Waals surface area contributed by atoms with Gasteiger partial charge in [0.05, 0.1) is 0 Å². The van der Waals surface area contributed by atoms with Gasteiger partial charge in [0.1, 0.15) is 0 Å². The van der Waals surface area contributed by atoms with Crippen LogP contribution in [0.2, 0.25) is 0 Å². The van der Waals surface area contributed by atoms with Gasteiger partial charge in [0.2, 0.25) is 0 Å². The maximum Gasteiger partial charge on any atom is 0.333 e. The van der Waals surface area contributed by atoms with Crippen LogP contribution >= 0.6 is 0 Å². The number of hydrogen-bond donors (Lipinski definition) is 1. The van der Waals surface area contributed by atoms with E-state index in [1.165, 1.54) is 7.11 Å². The number of carbonyl (C=O) groups is 1. The summed E-state index contributed by atoms with van der Waals surface area (Å²) in [7, 11) is 1.32. The van der Waals surface area contributed by atoms with Crippen LogP contribution in [0.5, 0.6) is 0 Å². The van der Waals surface area contributed by atoms with E-state index in [0.29, 0.717) is 0 Å². The van der Waals surface area contributed by atoms with E-state index in [0.717, 1.165) is 0 Å². The number of carboxylic acid groups (broad SMARTS) is 1. The van der Waals surface area contributed by atoms with E-state index in [-0.39, 0.29) is 6.42 Å². The van der Waals surface area contributed by atoms with Gasteiger partial charge >= 0.3 is 5.97 Å². The molecule has 50 valence electrons. The first-order valence-electron chi connectivity index (χ1n) is 2.41. The van der Waals surface area contributed by atoms with Crippen molar-refractivity contribution >= 4 is 5.97 Å². The van der Waals surface area contributed by atoms with E-state index in [1.54, 1.807) is 0 Å². The number of terminal acetylenes is 1. The van der Waals surface area contributed by atoms with Crippen LogP contribution in [-0.4, -0.2) is 24.3 Å². The van der Waals surface area contributed by atoms with Gasteiger partial charge in [-0.25, -0.2) is 4.79 Å². The van der Waals surface area contributed by atoms with Crippen LogP contribution in [0, 0.1) is 12.3 Å². The fourth-order valence-corrected chi connectivity index (χ4v) is 0.378. The quantitative estimate of drug-likeness (QED) is 0.549. The maximum atomic E-state index is 10.1. The van der Waals surface area contributed by atoms with Gasteiger partial charge in [-0.15, -0.1) is 12.3 Å². The van der Waals surface area contributed by atoms with Crippen molar-refractivity contribution in [3.63, 3.8) is 0 Å². The van der Waals surface area contributed by atoms with Crippen molar-refractivity contribution in [2.24, 2.45) is 0 Å². The Labute approximate surface area is 53.6 Å². The van der Waals surface area contributed by atoms with Crippen molar-refractivity contribution in [2.45, 2.75) is 12.5 Å². The molecule has 0 amide bonds. The molecule has 0 bridgehead atoms. The summed E-state index contributed by atoms with van der Waals surface area (Å²) < 4.78 is 4.51. The van der Waals surface area contributed by atoms with Gasteiger partial charge in [0, 0.05) is 13.5 Å². The van der Waals surface area contributed by atoms with Crippen LogP contribution in [0.4, 0.5) is 0 Å². The second kappa shape index (κ2) is 3.93. The molecule has 0 aromatic rings. The van der Waals surface area contributed by atoms with Gasteiger partial charge in [-0.3, -0.25) is 0 Å². The Kier molecular flexibility index (Phi) is 3.49. The summed E-state index contributed by atoms with van der Waals surface area (Å²) in [5.74, 6) is 1.18. The molecule has 0 unspecified atom stereocenters. The molecule has 1 N–H and O–H groups in total. The monoisotopic (exact) mass is 128 g/mol. The third kappa shape index (κ3) is 2.73. The Morgan fingerprint density at radius 2 is 2.56 bits per heavy atom. The summed E-state index contributed by atoms with van der Waals surface area (Å²) in [4.78, 5) is 10.1. The zero-order chi connectivity index (χ0) is 7.28. The van der Waals surface area contributed by atoms with Gasteiger partial charge < -0.3 is 9.84 Å². The van der Waals surface area contributed by atoms with Crippen LogP contribution in [0.3, 0.4) is 0 Å². The van der Waals surface area contributed by atoms with E-state index >= 15 is 0 Å². The Bertz CT molecular complexity index is 134. The molecule has 0 aliphatic carbocycles. The predicted octanol–water partition coefficient (Wildman–Crippen LogP) is 0.109. The summed E-state index contributed by atoms with van der Waals surface area (Å²) in [6.07, 6.45) is 4.11. The Hall–Kier alpha value is -1.01. The summed E-state index contributed by atoms with van der Waals surface area (Å²) in [6, 6.07) is 0. The summed E-state index contributed by atoms with van der Waals surface area (Å²) in [6.45, 7) is 0. The lowest BCUT2D eigenvalue weighted by Gasteiger charge is -2.03. The van der Waals surface area contributed by atoms with Crippen LogP contribution in [-0.2, 0) is 9.53 Å². The average molecular weight is 128 g/mol. The number of hydrogen-bond acceptors (Lipinski definition) is 2. The minimum atomic E-state index is -1.02. The van der Waals surface area contributed by atoms with Gasteiger partial charge in [-0.05, 0) is 0 Å². The van der Waals surface area contributed by atoms with Crippen molar-refractivity contribution in [3.8, 4) is 12.3 Å². The van der Waals surface area contributed by atoms with E-state index in [4.69, 9.17) is 11.5 Å². The number of ether oxygens (including phenoxy) is 1. The number of carboxylic acids is 1. The highest BCUT2D eigenvalue weighted by Gasteiger charge is 2.13. The SMILES string of the molecule is C#CC[C@H](OC)C(=O)O. The molecule has 0 aromatic carbocycles. The van der Waals surface area contributed by atoms with Crippen molar-refractivity contribution in [1.82, 2.24) is 0 Å². The molecule has 0 saturated heterocycles. The number of methoxy groups -OCH3 is 1. The topological polar surface area (TPSA) is 46.5 Å². The molecule has 0 aliphatic rings. The van der Waals surface area contributed by atoms with Gasteiger partial charge in [-0.2, -0.15) is 0 Å². The second-order valence-corrected chi connectivity index (χ2v) is 1.47. The van der Waals surface area contributed by atoms with E-state index in [1.807, 2.05) is 0 Å². The lowest BCUT2D eigenvalue weighted by Crippen LogP contribution is -2.21. The largest absolute Gasteiger partial charge is 0.479 e. The molecular formula is C6H8O3. The average Bonchev–Trinajstić information content (AvgIpc) is 1.82. The fourth-order valence-electron chi connectivity index (χ4n) is 0.378. The first kappa shape index (κ1) is 7.99. The summed E-state index contributed by atoms with van der Waals surface area (Å²) in [5.41, 5.74) is 0. The highest BCUT2D eigenvalue weighted by atomic mass is 16.5. The van der Waals surface area contributed by atoms with Gasteiger partial charge in [-0.1, -0.05) is 0 Å². The number of rotatable bonds is 3. The third-order valence-electron chi connectivity index (χ3n) is 0.863. The lowest BCUT2D eigenvalue weighted by molar-refractivity contribution is -0.148. The van der Waals surface area contributed by atoms with Gasteiger partial charge in [0.15, 0.2) is 6.10 Å². The fraction of sp³-hybridized carbons (Fsp3) is 0.500. The zero-order valence-corrected chi connectivity index (χ0v) is 5.13. The maximum absolute atomic E-state index is 10.1. The second-order valence-electron chi connectivity index (χ2n) is 1.47. The molecule has 3 nitrogen and oxygen atoms in total. The van der Waals surface area contributed by atoms with Crippen LogP contribution in [0.25, 0.3) is 0 Å². The standard InChI is InChI=1S/C6H8O3/c1-3-4-5(9-2)6(7)8/h1,5H,4H2,2H3,(H,7,8)/t5-/m0/s1. The molecule has 0 rings (SSSR count). The van der Waals surface area contributed by atoms with Crippen LogP contribution < -0.4 is 0 Å². The molecule has 0 fully saturated rings. The molecule has 9 heavy (non-hydrogen) atoms. The third-order valence-corrected chi connectivity index (χ3v) is 0.863. The first-order valence-corrected chi connectivity index (χ1v) is 2.41. The molecule has 1 atom stereocenters. The van der Waals surface area contributed by atoms with Crippen molar-refractivity contribution in [1.29, 1.82) is 0 Å². The predicted molar refractivity (Wildman–Crippen MR) is 31.9 cm³/mol. The molecule has 0 aliphatic heterocycles. The van der Waals surface area contributed by atoms with E-state index in [2.05, 4.69) is 10.7 Å². The molecule has 0 heterocycles. The molecule has 0 radical (unpaired) electrons. The van der Waals surface area contributed by atoms with Crippen molar-refractivity contribution in [2.75, 3.05) is 7.11 Å². The minimum absolute atomic E-state index is 0.117. The van der Waals surface area contributed by atoms with Crippen LogP contribution in [0.15, 0.2) is 0 Å². The Balaban J connectivity index is 3.71. The molecule has 3 heteroatoms. The van der Waals surface area contributed by atoms with Crippen molar-refractivity contribution in [3.05, 3.63) is 0 Å².